The van der Waals surface area contributed by atoms with Crippen LogP contribution in [0, 0.1) is 5.92 Å². The molecule has 2 aromatic rings. The van der Waals surface area contributed by atoms with E-state index in [0.717, 1.165) is 6.42 Å². The molecule has 0 saturated carbocycles. The molecule has 0 aromatic heterocycles. The predicted molar refractivity (Wildman–Crippen MR) is 108 cm³/mol. The molecule has 1 aliphatic heterocycles. The standard InChI is InChI=1S/C22H25ClN2O2/c1-15(2)13-20(24-21(26)17-7-9-19(23)10-8-17)22(27)25-12-11-16-5-3-4-6-18(16)14-25/h3-10,15,20H,11-14H2,1-2H3,(H,24,26). The van der Waals surface area contributed by atoms with E-state index < -0.39 is 6.04 Å². The fraction of sp³-hybridized carbons (Fsp3) is 0.364. The minimum absolute atomic E-state index is 0.0134. The highest BCUT2D eigenvalue weighted by molar-refractivity contribution is 6.30. The molecule has 0 fully saturated rings. The second-order valence-corrected chi connectivity index (χ2v) is 7.88. The lowest BCUT2D eigenvalue weighted by molar-refractivity contribution is -0.134. The van der Waals surface area contributed by atoms with Crippen LogP contribution in [0.15, 0.2) is 48.5 Å². The molecule has 1 aliphatic rings. The SMILES string of the molecule is CC(C)CC(NC(=O)c1ccc(Cl)cc1)C(=O)N1CCc2ccccc2C1. The first-order valence-corrected chi connectivity index (χ1v) is 9.74. The van der Waals surface area contributed by atoms with E-state index in [1.807, 2.05) is 17.0 Å². The number of carbonyl (C=O) groups is 2. The Morgan fingerprint density at radius 2 is 1.74 bits per heavy atom. The number of fused-ring (bicyclic) bond motifs is 1. The average Bonchev–Trinajstić information content (AvgIpc) is 2.66. The number of nitrogens with zero attached hydrogens (tertiary/aromatic N) is 1. The molecule has 0 aliphatic carbocycles. The van der Waals surface area contributed by atoms with Crippen molar-refractivity contribution in [1.82, 2.24) is 10.2 Å². The molecular weight excluding hydrogens is 360 g/mol. The second-order valence-electron chi connectivity index (χ2n) is 7.44. The van der Waals surface area contributed by atoms with Crippen molar-refractivity contribution < 1.29 is 9.59 Å². The zero-order valence-electron chi connectivity index (χ0n) is 15.7. The van der Waals surface area contributed by atoms with Crippen molar-refractivity contribution in [3.8, 4) is 0 Å². The van der Waals surface area contributed by atoms with Gasteiger partial charge in [-0.05, 0) is 54.2 Å². The molecule has 1 heterocycles. The van der Waals surface area contributed by atoms with E-state index in [0.29, 0.717) is 36.0 Å². The van der Waals surface area contributed by atoms with Crippen molar-refractivity contribution >= 4 is 23.4 Å². The highest BCUT2D eigenvalue weighted by Crippen LogP contribution is 2.20. The summed E-state index contributed by atoms with van der Waals surface area (Å²) in [5, 5.41) is 3.51. The van der Waals surface area contributed by atoms with Gasteiger partial charge in [0, 0.05) is 23.7 Å². The summed E-state index contributed by atoms with van der Waals surface area (Å²) in [6.07, 6.45) is 1.46. The van der Waals surface area contributed by atoms with Crippen LogP contribution in [-0.2, 0) is 17.8 Å². The fourth-order valence-electron chi connectivity index (χ4n) is 3.44. The van der Waals surface area contributed by atoms with Crippen LogP contribution in [0.25, 0.3) is 0 Å². The molecule has 3 rings (SSSR count). The molecular formula is C22H25ClN2O2. The quantitative estimate of drug-likeness (QED) is 0.844. The first-order chi connectivity index (χ1) is 12.9. The second kappa shape index (κ2) is 8.57. The third kappa shape index (κ3) is 4.89. The van der Waals surface area contributed by atoms with Gasteiger partial charge < -0.3 is 10.2 Å². The smallest absolute Gasteiger partial charge is 0.251 e. The molecule has 4 nitrogen and oxygen atoms in total. The number of amides is 2. The Morgan fingerprint density at radius 1 is 1.07 bits per heavy atom. The first-order valence-electron chi connectivity index (χ1n) is 9.36. The van der Waals surface area contributed by atoms with Crippen molar-refractivity contribution in [3.05, 3.63) is 70.2 Å². The molecule has 0 spiro atoms. The Kier molecular flexibility index (Phi) is 6.17. The van der Waals surface area contributed by atoms with E-state index in [1.54, 1.807) is 24.3 Å². The van der Waals surface area contributed by atoms with E-state index in [9.17, 15) is 9.59 Å². The van der Waals surface area contributed by atoms with Crippen LogP contribution in [0.5, 0.6) is 0 Å². The van der Waals surface area contributed by atoms with E-state index in [4.69, 9.17) is 11.6 Å². The molecule has 0 bridgehead atoms. The summed E-state index contributed by atoms with van der Waals surface area (Å²) in [7, 11) is 0. The average molecular weight is 385 g/mol. The lowest BCUT2D eigenvalue weighted by Gasteiger charge is -2.32. The van der Waals surface area contributed by atoms with Gasteiger partial charge in [0.25, 0.3) is 5.91 Å². The summed E-state index contributed by atoms with van der Waals surface area (Å²) >= 11 is 5.89. The molecule has 27 heavy (non-hydrogen) atoms. The number of nitrogens with one attached hydrogen (secondary N) is 1. The first kappa shape index (κ1) is 19.4. The van der Waals surface area contributed by atoms with Gasteiger partial charge in [0.05, 0.1) is 0 Å². The van der Waals surface area contributed by atoms with Gasteiger partial charge in [0.15, 0.2) is 0 Å². The Bertz CT molecular complexity index is 817. The number of rotatable bonds is 5. The van der Waals surface area contributed by atoms with Crippen molar-refractivity contribution in [2.75, 3.05) is 6.54 Å². The summed E-state index contributed by atoms with van der Waals surface area (Å²) in [4.78, 5) is 27.6. The molecule has 0 radical (unpaired) electrons. The number of benzene rings is 2. The van der Waals surface area contributed by atoms with Crippen molar-refractivity contribution in [3.63, 3.8) is 0 Å². The van der Waals surface area contributed by atoms with Crippen LogP contribution < -0.4 is 5.32 Å². The summed E-state index contributed by atoms with van der Waals surface area (Å²) in [6.45, 7) is 5.39. The minimum atomic E-state index is -0.529. The predicted octanol–water partition coefficient (Wildman–Crippen LogP) is 4.07. The van der Waals surface area contributed by atoms with Crippen LogP contribution in [-0.4, -0.2) is 29.3 Å². The highest BCUT2D eigenvalue weighted by Gasteiger charge is 2.29. The van der Waals surface area contributed by atoms with Gasteiger partial charge >= 0.3 is 0 Å². The van der Waals surface area contributed by atoms with Crippen LogP contribution in [0.1, 0.15) is 41.8 Å². The van der Waals surface area contributed by atoms with E-state index in [2.05, 4.69) is 31.3 Å². The van der Waals surface area contributed by atoms with E-state index >= 15 is 0 Å². The third-order valence-corrected chi connectivity index (χ3v) is 5.11. The zero-order chi connectivity index (χ0) is 19.4. The summed E-state index contributed by atoms with van der Waals surface area (Å²) in [5.41, 5.74) is 2.99. The van der Waals surface area contributed by atoms with Crippen molar-refractivity contribution in [1.29, 1.82) is 0 Å². The van der Waals surface area contributed by atoms with E-state index in [1.165, 1.54) is 11.1 Å². The number of hydrogen-bond donors (Lipinski definition) is 1. The zero-order valence-corrected chi connectivity index (χ0v) is 16.5. The maximum atomic E-state index is 13.2. The largest absolute Gasteiger partial charge is 0.340 e. The van der Waals surface area contributed by atoms with Gasteiger partial charge in [0.1, 0.15) is 6.04 Å². The molecule has 5 heteroatoms. The molecule has 1 unspecified atom stereocenters. The topological polar surface area (TPSA) is 49.4 Å². The van der Waals surface area contributed by atoms with Gasteiger partial charge in [-0.25, -0.2) is 0 Å². The summed E-state index contributed by atoms with van der Waals surface area (Å²) in [6, 6.07) is 14.4. The van der Waals surface area contributed by atoms with Crippen molar-refractivity contribution in [2.24, 2.45) is 5.92 Å². The monoisotopic (exact) mass is 384 g/mol. The van der Waals surface area contributed by atoms with Gasteiger partial charge in [-0.2, -0.15) is 0 Å². The lowest BCUT2D eigenvalue weighted by atomic mass is 9.97. The van der Waals surface area contributed by atoms with Crippen LogP contribution in [0.3, 0.4) is 0 Å². The Labute approximate surface area is 165 Å². The molecule has 142 valence electrons. The highest BCUT2D eigenvalue weighted by atomic mass is 35.5. The Balaban J connectivity index is 1.73. The molecule has 2 amide bonds. The molecule has 2 aromatic carbocycles. The lowest BCUT2D eigenvalue weighted by Crippen LogP contribution is -2.50. The van der Waals surface area contributed by atoms with Gasteiger partial charge in [0.2, 0.25) is 5.91 Å². The Hall–Kier alpha value is -2.33. The maximum Gasteiger partial charge on any atom is 0.251 e. The van der Waals surface area contributed by atoms with Gasteiger partial charge in [-0.1, -0.05) is 49.7 Å². The molecule has 1 atom stereocenters. The number of carbonyl (C=O) groups excluding carboxylic acids is 2. The van der Waals surface area contributed by atoms with Gasteiger partial charge in [-0.3, -0.25) is 9.59 Å². The molecule has 0 saturated heterocycles. The summed E-state index contributed by atoms with van der Waals surface area (Å²) in [5.74, 6) is 0.0325. The number of hydrogen-bond acceptors (Lipinski definition) is 2. The van der Waals surface area contributed by atoms with Crippen molar-refractivity contribution in [2.45, 2.75) is 39.3 Å². The minimum Gasteiger partial charge on any atom is -0.340 e. The Morgan fingerprint density at radius 3 is 2.41 bits per heavy atom. The van der Waals surface area contributed by atoms with Crippen LogP contribution in [0.4, 0.5) is 0 Å². The van der Waals surface area contributed by atoms with Crippen LogP contribution in [0.2, 0.25) is 5.02 Å². The summed E-state index contributed by atoms with van der Waals surface area (Å²) < 4.78 is 0. The molecule has 1 N–H and O–H groups in total. The third-order valence-electron chi connectivity index (χ3n) is 4.86. The fourth-order valence-corrected chi connectivity index (χ4v) is 3.57. The maximum absolute atomic E-state index is 13.2. The number of halogens is 1. The van der Waals surface area contributed by atoms with Crippen LogP contribution >= 0.6 is 11.6 Å². The van der Waals surface area contributed by atoms with Gasteiger partial charge in [-0.15, -0.1) is 0 Å². The normalized spacial score (nSPS) is 14.6. The van der Waals surface area contributed by atoms with E-state index in [-0.39, 0.29) is 11.8 Å².